The number of carbonyl (C=O) groups excluding carboxylic acids is 1. The molecule has 34 heavy (non-hydrogen) atoms. The number of nitrogens with one attached hydrogen (secondary N) is 1. The van der Waals surface area contributed by atoms with Crippen LogP contribution < -0.4 is 30.0 Å². The van der Waals surface area contributed by atoms with Gasteiger partial charge in [-0.05, 0) is 48.4 Å². The smallest absolute Gasteiger partial charge is 0.255 e. The molecule has 3 aromatic rings. The summed E-state index contributed by atoms with van der Waals surface area (Å²) in [6.07, 6.45) is 0.776. The highest BCUT2D eigenvalue weighted by molar-refractivity contribution is 6.30. The number of hydrogen-bond acceptors (Lipinski definition) is 6. The van der Waals surface area contributed by atoms with Crippen LogP contribution in [-0.2, 0) is 13.0 Å². The standard InChI is InChI=1S/C25H27ClN2O5.ClH/c1-30-22-20(25(29)28-15-17-4-8-18(26)9-5-17)14-21(23(31-2)24(22)32-3)33-19-10-6-16(7-11-19)12-13-27;/h4-11,14H,12-13,15,27H2,1-3H3,(H,28,29);1H. The zero-order valence-electron chi connectivity index (χ0n) is 19.2. The SMILES string of the molecule is COc1c(Oc2ccc(CCN)cc2)cc(C(=O)NCc2ccc(Cl)cc2)c(OC)c1OC.Cl. The molecule has 3 N–H and O–H groups in total. The summed E-state index contributed by atoms with van der Waals surface area (Å²) in [7, 11) is 4.43. The summed E-state index contributed by atoms with van der Waals surface area (Å²) in [5.74, 6) is 1.36. The summed E-state index contributed by atoms with van der Waals surface area (Å²) < 4.78 is 22.6. The van der Waals surface area contributed by atoms with E-state index in [1.165, 1.54) is 21.3 Å². The van der Waals surface area contributed by atoms with Gasteiger partial charge in [0.25, 0.3) is 5.91 Å². The third-order valence-electron chi connectivity index (χ3n) is 4.96. The van der Waals surface area contributed by atoms with E-state index < -0.39 is 0 Å². The Balaban J connectivity index is 0.00000408. The normalized spacial score (nSPS) is 10.1. The number of methoxy groups -OCH3 is 3. The first-order valence-corrected chi connectivity index (χ1v) is 10.7. The van der Waals surface area contributed by atoms with Crippen LogP contribution >= 0.6 is 24.0 Å². The third-order valence-corrected chi connectivity index (χ3v) is 5.22. The summed E-state index contributed by atoms with van der Waals surface area (Å²) in [5.41, 5.74) is 7.87. The van der Waals surface area contributed by atoms with Crippen LogP contribution in [-0.4, -0.2) is 33.8 Å². The Bertz CT molecular complexity index is 1090. The van der Waals surface area contributed by atoms with Crippen molar-refractivity contribution in [1.29, 1.82) is 0 Å². The third kappa shape index (κ3) is 6.47. The van der Waals surface area contributed by atoms with Gasteiger partial charge in [-0.25, -0.2) is 0 Å². The van der Waals surface area contributed by atoms with Gasteiger partial charge < -0.3 is 30.0 Å². The van der Waals surface area contributed by atoms with Crippen LogP contribution in [0.1, 0.15) is 21.5 Å². The Hall–Kier alpha value is -3.13. The molecule has 0 unspecified atom stereocenters. The molecule has 3 aromatic carbocycles. The van der Waals surface area contributed by atoms with E-state index in [9.17, 15) is 4.79 Å². The van der Waals surface area contributed by atoms with Gasteiger partial charge in [-0.1, -0.05) is 35.9 Å². The van der Waals surface area contributed by atoms with Crippen LogP contribution in [0.3, 0.4) is 0 Å². The van der Waals surface area contributed by atoms with E-state index in [-0.39, 0.29) is 35.4 Å². The van der Waals surface area contributed by atoms with E-state index in [1.54, 1.807) is 18.2 Å². The van der Waals surface area contributed by atoms with Crippen molar-refractivity contribution in [2.75, 3.05) is 27.9 Å². The van der Waals surface area contributed by atoms with Crippen LogP contribution in [0.5, 0.6) is 28.7 Å². The quantitative estimate of drug-likeness (QED) is 0.401. The van der Waals surface area contributed by atoms with Crippen LogP contribution in [0.15, 0.2) is 54.6 Å². The van der Waals surface area contributed by atoms with Crippen molar-refractivity contribution < 1.29 is 23.7 Å². The summed E-state index contributed by atoms with van der Waals surface area (Å²) in [4.78, 5) is 13.1. The number of amides is 1. The van der Waals surface area contributed by atoms with E-state index in [1.807, 2.05) is 36.4 Å². The van der Waals surface area contributed by atoms with E-state index >= 15 is 0 Å². The predicted octanol–water partition coefficient (Wildman–Crippen LogP) is 5.01. The van der Waals surface area contributed by atoms with Crippen molar-refractivity contribution in [2.45, 2.75) is 13.0 Å². The summed E-state index contributed by atoms with van der Waals surface area (Å²) in [6, 6.07) is 16.3. The molecule has 3 rings (SSSR count). The van der Waals surface area contributed by atoms with Gasteiger partial charge in [0.2, 0.25) is 11.5 Å². The van der Waals surface area contributed by atoms with Crippen LogP contribution in [0, 0.1) is 0 Å². The summed E-state index contributed by atoms with van der Waals surface area (Å²) >= 11 is 5.93. The van der Waals surface area contributed by atoms with Gasteiger partial charge in [0, 0.05) is 17.6 Å². The maximum absolute atomic E-state index is 13.1. The molecular weight excluding hydrogens is 479 g/mol. The highest BCUT2D eigenvalue weighted by Crippen LogP contribution is 2.47. The van der Waals surface area contributed by atoms with E-state index in [4.69, 9.17) is 36.3 Å². The van der Waals surface area contributed by atoms with Crippen LogP contribution in [0.4, 0.5) is 0 Å². The van der Waals surface area contributed by atoms with E-state index in [0.717, 1.165) is 17.5 Å². The lowest BCUT2D eigenvalue weighted by molar-refractivity contribution is 0.0946. The molecule has 0 spiro atoms. The van der Waals surface area contributed by atoms with Crippen molar-refractivity contribution in [3.05, 3.63) is 76.3 Å². The largest absolute Gasteiger partial charge is 0.492 e. The number of rotatable bonds is 10. The van der Waals surface area contributed by atoms with Crippen molar-refractivity contribution in [1.82, 2.24) is 5.32 Å². The van der Waals surface area contributed by atoms with Gasteiger partial charge >= 0.3 is 0 Å². The maximum Gasteiger partial charge on any atom is 0.255 e. The van der Waals surface area contributed by atoms with Gasteiger partial charge in [-0.2, -0.15) is 0 Å². The minimum Gasteiger partial charge on any atom is -0.492 e. The zero-order chi connectivity index (χ0) is 23.8. The topological polar surface area (TPSA) is 92.0 Å². The molecule has 0 aliphatic heterocycles. The Morgan fingerprint density at radius 3 is 2.03 bits per heavy atom. The molecule has 0 bridgehead atoms. The zero-order valence-corrected chi connectivity index (χ0v) is 20.8. The van der Waals surface area contributed by atoms with Crippen molar-refractivity contribution in [3.8, 4) is 28.7 Å². The number of halogens is 2. The lowest BCUT2D eigenvalue weighted by Crippen LogP contribution is -2.23. The fourth-order valence-corrected chi connectivity index (χ4v) is 3.45. The second-order valence-electron chi connectivity index (χ2n) is 7.12. The number of carbonyl (C=O) groups is 1. The molecule has 0 atom stereocenters. The Morgan fingerprint density at radius 2 is 1.47 bits per heavy atom. The van der Waals surface area contributed by atoms with Crippen LogP contribution in [0.25, 0.3) is 0 Å². The Labute approximate surface area is 210 Å². The molecular formula is C25H28Cl2N2O5. The van der Waals surface area contributed by atoms with Gasteiger partial charge in [0.15, 0.2) is 11.5 Å². The lowest BCUT2D eigenvalue weighted by Gasteiger charge is -2.19. The van der Waals surface area contributed by atoms with E-state index in [0.29, 0.717) is 35.4 Å². The first kappa shape index (κ1) is 27.1. The van der Waals surface area contributed by atoms with Gasteiger partial charge in [0.1, 0.15) is 5.75 Å². The molecule has 9 heteroatoms. The molecule has 0 saturated heterocycles. The molecule has 1 amide bonds. The molecule has 0 aliphatic carbocycles. The number of ether oxygens (including phenoxy) is 4. The highest BCUT2D eigenvalue weighted by atomic mass is 35.5. The minimum absolute atomic E-state index is 0. The molecule has 0 fully saturated rings. The first-order valence-electron chi connectivity index (χ1n) is 10.3. The average molecular weight is 507 g/mol. The second kappa shape index (κ2) is 12.9. The Kier molecular flexibility index (Phi) is 10.3. The minimum atomic E-state index is -0.356. The molecule has 7 nitrogen and oxygen atoms in total. The molecule has 182 valence electrons. The second-order valence-corrected chi connectivity index (χ2v) is 7.55. The molecule has 0 radical (unpaired) electrons. The van der Waals surface area contributed by atoms with Crippen molar-refractivity contribution in [3.63, 3.8) is 0 Å². The molecule has 0 aromatic heterocycles. The summed E-state index contributed by atoms with van der Waals surface area (Å²) in [5, 5.41) is 3.51. The fraction of sp³-hybridized carbons (Fsp3) is 0.240. The first-order chi connectivity index (χ1) is 16.0. The highest BCUT2D eigenvalue weighted by Gasteiger charge is 2.26. The van der Waals surface area contributed by atoms with Crippen molar-refractivity contribution >= 4 is 29.9 Å². The predicted molar refractivity (Wildman–Crippen MR) is 135 cm³/mol. The Morgan fingerprint density at radius 1 is 0.882 bits per heavy atom. The fourth-order valence-electron chi connectivity index (χ4n) is 3.32. The molecule has 0 heterocycles. The molecule has 0 aliphatic rings. The monoisotopic (exact) mass is 506 g/mol. The lowest BCUT2D eigenvalue weighted by atomic mass is 10.1. The van der Waals surface area contributed by atoms with Gasteiger partial charge in [-0.15, -0.1) is 12.4 Å². The van der Waals surface area contributed by atoms with Crippen LogP contribution in [0.2, 0.25) is 5.02 Å². The number of hydrogen-bond donors (Lipinski definition) is 2. The maximum atomic E-state index is 13.1. The number of nitrogens with two attached hydrogens (primary N) is 1. The number of benzene rings is 3. The van der Waals surface area contributed by atoms with Crippen molar-refractivity contribution in [2.24, 2.45) is 5.73 Å². The van der Waals surface area contributed by atoms with E-state index in [2.05, 4.69) is 5.32 Å². The molecule has 0 saturated carbocycles. The summed E-state index contributed by atoms with van der Waals surface area (Å²) in [6.45, 7) is 0.879. The van der Waals surface area contributed by atoms with Gasteiger partial charge in [0.05, 0.1) is 26.9 Å². The average Bonchev–Trinajstić information content (AvgIpc) is 2.84. The van der Waals surface area contributed by atoms with Gasteiger partial charge in [-0.3, -0.25) is 4.79 Å².